The molecule has 0 spiro atoms. The highest BCUT2D eigenvalue weighted by Crippen LogP contribution is 2.31. The Hall–Kier alpha value is -0.720. The molecule has 0 aliphatic heterocycles. The number of hydrogen-bond acceptors (Lipinski definition) is 1. The topological polar surface area (TPSA) is 20.2 Å². The summed E-state index contributed by atoms with van der Waals surface area (Å²) in [5, 5.41) is 9.66. The first kappa shape index (κ1) is 13.3. The van der Waals surface area contributed by atoms with Gasteiger partial charge in [0.1, 0.15) is 0 Å². The summed E-state index contributed by atoms with van der Waals surface area (Å²) >= 11 is 0. The van der Waals surface area contributed by atoms with Gasteiger partial charge in [0, 0.05) is 6.42 Å². The predicted molar refractivity (Wildman–Crippen MR) is 70.6 cm³/mol. The van der Waals surface area contributed by atoms with Crippen LogP contribution in [0.5, 0.6) is 0 Å². The fourth-order valence-corrected chi connectivity index (χ4v) is 2.23. The van der Waals surface area contributed by atoms with Crippen molar-refractivity contribution in [2.24, 2.45) is 5.41 Å². The maximum atomic E-state index is 9.66. The van der Waals surface area contributed by atoms with E-state index >= 15 is 0 Å². The van der Waals surface area contributed by atoms with Crippen LogP contribution in [0.2, 0.25) is 0 Å². The van der Waals surface area contributed by atoms with Gasteiger partial charge in [-0.2, -0.15) is 0 Å². The van der Waals surface area contributed by atoms with Gasteiger partial charge in [0.15, 0.2) is 0 Å². The van der Waals surface area contributed by atoms with Gasteiger partial charge in [-0.3, -0.25) is 0 Å². The Morgan fingerprint density at radius 1 is 1.12 bits per heavy atom. The van der Waals surface area contributed by atoms with Gasteiger partial charge in [0.25, 0.3) is 0 Å². The maximum absolute atomic E-state index is 9.66. The van der Waals surface area contributed by atoms with Crippen LogP contribution < -0.4 is 0 Å². The normalized spacial score (nSPS) is 17.3. The van der Waals surface area contributed by atoms with Crippen molar-refractivity contribution in [3.63, 3.8) is 0 Å². The SMILES string of the molecule is C=C1CC(O)=C(CCCCCC(C)(C)C)C1. The Bertz CT molecular complexity index is 278. The maximum Gasteiger partial charge on any atom is 0.0958 e. The molecule has 0 aromatic rings. The van der Waals surface area contributed by atoms with Crippen molar-refractivity contribution in [2.45, 2.75) is 65.7 Å². The van der Waals surface area contributed by atoms with Crippen LogP contribution in [-0.2, 0) is 0 Å². The van der Waals surface area contributed by atoms with Gasteiger partial charge in [0.2, 0.25) is 0 Å². The third-order valence-electron chi connectivity index (χ3n) is 3.19. The summed E-state index contributed by atoms with van der Waals surface area (Å²) in [6.45, 7) is 10.8. The van der Waals surface area contributed by atoms with E-state index < -0.39 is 0 Å². The lowest BCUT2D eigenvalue weighted by molar-refractivity contribution is 0.357. The molecule has 0 radical (unpaired) electrons. The Kier molecular flexibility index (Phi) is 4.64. The third kappa shape index (κ3) is 4.87. The molecular formula is C15H26O. The molecule has 0 aromatic carbocycles. The average molecular weight is 222 g/mol. The molecule has 1 aliphatic carbocycles. The monoisotopic (exact) mass is 222 g/mol. The van der Waals surface area contributed by atoms with Crippen molar-refractivity contribution in [1.29, 1.82) is 0 Å². The average Bonchev–Trinajstić information content (AvgIpc) is 2.42. The number of aliphatic hydroxyl groups excluding tert-OH is 1. The Morgan fingerprint density at radius 2 is 1.81 bits per heavy atom. The van der Waals surface area contributed by atoms with E-state index in [4.69, 9.17) is 0 Å². The van der Waals surface area contributed by atoms with Crippen molar-refractivity contribution >= 4 is 0 Å². The van der Waals surface area contributed by atoms with Crippen LogP contribution in [0.1, 0.15) is 65.7 Å². The Balaban J connectivity index is 2.12. The predicted octanol–water partition coefficient (Wildman–Crippen LogP) is 5.15. The molecular weight excluding hydrogens is 196 g/mol. The van der Waals surface area contributed by atoms with Crippen LogP contribution in [0.4, 0.5) is 0 Å². The fraction of sp³-hybridized carbons (Fsp3) is 0.733. The van der Waals surface area contributed by atoms with Crippen molar-refractivity contribution in [2.75, 3.05) is 0 Å². The van der Waals surface area contributed by atoms with Gasteiger partial charge >= 0.3 is 0 Å². The van der Waals surface area contributed by atoms with Gasteiger partial charge < -0.3 is 5.11 Å². The van der Waals surface area contributed by atoms with Gasteiger partial charge in [-0.15, -0.1) is 0 Å². The second kappa shape index (κ2) is 5.56. The third-order valence-corrected chi connectivity index (χ3v) is 3.19. The summed E-state index contributed by atoms with van der Waals surface area (Å²) in [6, 6.07) is 0. The van der Waals surface area contributed by atoms with Crippen LogP contribution in [0, 0.1) is 5.41 Å². The van der Waals surface area contributed by atoms with E-state index in [1.807, 2.05) is 0 Å². The molecule has 0 fully saturated rings. The van der Waals surface area contributed by atoms with E-state index in [0.29, 0.717) is 11.2 Å². The zero-order valence-corrected chi connectivity index (χ0v) is 11.1. The van der Waals surface area contributed by atoms with E-state index in [2.05, 4.69) is 27.4 Å². The molecule has 16 heavy (non-hydrogen) atoms. The summed E-state index contributed by atoms with van der Waals surface area (Å²) in [5.74, 6) is 0.598. The fourth-order valence-electron chi connectivity index (χ4n) is 2.23. The van der Waals surface area contributed by atoms with Crippen LogP contribution >= 0.6 is 0 Å². The Labute approximate surface area is 100 Å². The van der Waals surface area contributed by atoms with E-state index in [9.17, 15) is 5.11 Å². The van der Waals surface area contributed by atoms with Crippen LogP contribution in [-0.4, -0.2) is 5.11 Å². The number of allylic oxidation sites excluding steroid dienone is 2. The zero-order chi connectivity index (χ0) is 12.2. The molecule has 0 amide bonds. The minimum Gasteiger partial charge on any atom is -0.512 e. The molecule has 1 nitrogen and oxygen atoms in total. The second-order valence-corrected chi connectivity index (χ2v) is 6.28. The molecule has 1 aliphatic rings. The van der Waals surface area contributed by atoms with Crippen LogP contribution in [0.15, 0.2) is 23.5 Å². The van der Waals surface area contributed by atoms with Crippen LogP contribution in [0.25, 0.3) is 0 Å². The zero-order valence-electron chi connectivity index (χ0n) is 11.1. The van der Waals surface area contributed by atoms with Gasteiger partial charge in [-0.05, 0) is 36.7 Å². The van der Waals surface area contributed by atoms with E-state index in [1.165, 1.54) is 36.8 Å². The minimum atomic E-state index is 0.461. The largest absolute Gasteiger partial charge is 0.512 e. The first-order valence-electron chi connectivity index (χ1n) is 6.45. The minimum absolute atomic E-state index is 0.461. The second-order valence-electron chi connectivity index (χ2n) is 6.28. The number of rotatable bonds is 5. The lowest BCUT2D eigenvalue weighted by Gasteiger charge is -2.17. The molecule has 0 saturated carbocycles. The Morgan fingerprint density at radius 3 is 2.31 bits per heavy atom. The molecule has 0 aromatic heterocycles. The van der Waals surface area contributed by atoms with E-state index in [1.54, 1.807) is 0 Å². The molecule has 1 rings (SSSR count). The highest BCUT2D eigenvalue weighted by atomic mass is 16.3. The van der Waals surface area contributed by atoms with Crippen molar-refractivity contribution in [1.82, 2.24) is 0 Å². The van der Waals surface area contributed by atoms with Gasteiger partial charge in [-0.1, -0.05) is 45.8 Å². The quantitative estimate of drug-likeness (QED) is 0.504. The molecule has 0 unspecified atom stereocenters. The molecule has 0 atom stereocenters. The highest BCUT2D eigenvalue weighted by molar-refractivity contribution is 5.27. The molecule has 0 heterocycles. The van der Waals surface area contributed by atoms with Gasteiger partial charge in [0.05, 0.1) is 5.76 Å². The van der Waals surface area contributed by atoms with E-state index in [0.717, 1.165) is 19.3 Å². The molecule has 1 heteroatoms. The molecule has 0 bridgehead atoms. The summed E-state index contributed by atoms with van der Waals surface area (Å²) in [6.07, 6.45) is 7.81. The first-order chi connectivity index (χ1) is 7.38. The summed E-state index contributed by atoms with van der Waals surface area (Å²) < 4.78 is 0. The van der Waals surface area contributed by atoms with Crippen molar-refractivity contribution in [3.8, 4) is 0 Å². The van der Waals surface area contributed by atoms with Crippen molar-refractivity contribution in [3.05, 3.63) is 23.5 Å². The molecule has 1 N–H and O–H groups in total. The van der Waals surface area contributed by atoms with E-state index in [-0.39, 0.29) is 0 Å². The molecule has 0 saturated heterocycles. The lowest BCUT2D eigenvalue weighted by atomic mass is 9.89. The number of unbranched alkanes of at least 4 members (excludes halogenated alkanes) is 2. The standard InChI is InChI=1S/C15H26O/c1-12-10-13(14(16)11-12)8-6-5-7-9-15(2,3)4/h16H,1,5-11H2,2-4H3. The summed E-state index contributed by atoms with van der Waals surface area (Å²) in [5.41, 5.74) is 2.87. The summed E-state index contributed by atoms with van der Waals surface area (Å²) in [4.78, 5) is 0. The first-order valence-corrected chi connectivity index (χ1v) is 6.45. The van der Waals surface area contributed by atoms with Gasteiger partial charge in [-0.25, -0.2) is 0 Å². The number of aliphatic hydroxyl groups is 1. The van der Waals surface area contributed by atoms with Crippen molar-refractivity contribution < 1.29 is 5.11 Å². The summed E-state index contributed by atoms with van der Waals surface area (Å²) in [7, 11) is 0. The number of hydrogen-bond donors (Lipinski definition) is 1. The molecule has 92 valence electrons. The highest BCUT2D eigenvalue weighted by Gasteiger charge is 2.16. The van der Waals surface area contributed by atoms with Crippen LogP contribution in [0.3, 0.4) is 0 Å². The lowest BCUT2D eigenvalue weighted by Crippen LogP contribution is -2.03. The smallest absolute Gasteiger partial charge is 0.0958 e.